The lowest BCUT2D eigenvalue weighted by atomic mass is 10.0. The van der Waals surface area contributed by atoms with Crippen molar-refractivity contribution in [3.05, 3.63) is 40.9 Å². The molecular formula is C12H8F3NO3. The molecule has 0 fully saturated rings. The molecule has 0 amide bonds. The molecule has 0 unspecified atom stereocenters. The Kier molecular flexibility index (Phi) is 3.28. The normalized spacial score (nSPS) is 10.7. The van der Waals surface area contributed by atoms with Gasteiger partial charge in [0, 0.05) is 18.1 Å². The number of carboxylic acids is 1. The summed E-state index contributed by atoms with van der Waals surface area (Å²) in [5.74, 6) is -5.12. The van der Waals surface area contributed by atoms with E-state index < -0.39 is 29.0 Å². The first-order valence-corrected chi connectivity index (χ1v) is 5.32. The fourth-order valence-corrected chi connectivity index (χ4v) is 1.67. The molecule has 2 rings (SSSR count). The van der Waals surface area contributed by atoms with Crippen LogP contribution in [0.25, 0.3) is 11.3 Å². The van der Waals surface area contributed by atoms with Crippen LogP contribution in [0.1, 0.15) is 23.0 Å². The summed E-state index contributed by atoms with van der Waals surface area (Å²) < 4.78 is 44.3. The molecule has 0 aliphatic heterocycles. The summed E-state index contributed by atoms with van der Waals surface area (Å²) in [6, 6.07) is 0.880. The number of carboxylic acid groups (broad SMARTS) is 1. The molecule has 1 N–H and O–H groups in total. The van der Waals surface area contributed by atoms with Crippen LogP contribution in [0.4, 0.5) is 13.2 Å². The van der Waals surface area contributed by atoms with E-state index in [1.54, 1.807) is 6.92 Å². The molecule has 1 aromatic carbocycles. The number of hydrogen-bond acceptors (Lipinski definition) is 3. The first kappa shape index (κ1) is 13.1. The van der Waals surface area contributed by atoms with Crippen LogP contribution < -0.4 is 0 Å². The molecule has 0 bridgehead atoms. The molecule has 0 atom stereocenters. The molecule has 7 heteroatoms. The minimum Gasteiger partial charge on any atom is -0.477 e. The molecular weight excluding hydrogens is 263 g/mol. The molecule has 2 aromatic rings. The molecule has 0 aliphatic rings. The number of benzene rings is 1. The maximum atomic E-state index is 13.6. The van der Waals surface area contributed by atoms with Crippen LogP contribution in [0.3, 0.4) is 0 Å². The van der Waals surface area contributed by atoms with E-state index in [2.05, 4.69) is 5.16 Å². The van der Waals surface area contributed by atoms with Crippen LogP contribution >= 0.6 is 0 Å². The van der Waals surface area contributed by atoms with Gasteiger partial charge < -0.3 is 9.63 Å². The van der Waals surface area contributed by atoms with E-state index in [1.165, 1.54) is 0 Å². The summed E-state index contributed by atoms with van der Waals surface area (Å²) in [6.45, 7) is 1.62. The molecule has 0 radical (unpaired) electrons. The number of halogens is 3. The maximum absolute atomic E-state index is 13.6. The van der Waals surface area contributed by atoms with Gasteiger partial charge in [-0.1, -0.05) is 12.1 Å². The lowest BCUT2D eigenvalue weighted by Gasteiger charge is -2.02. The number of aromatic carboxylic acids is 1. The van der Waals surface area contributed by atoms with Gasteiger partial charge in [0.15, 0.2) is 17.4 Å². The van der Waals surface area contributed by atoms with Gasteiger partial charge in [-0.2, -0.15) is 0 Å². The van der Waals surface area contributed by atoms with Gasteiger partial charge in [-0.15, -0.1) is 0 Å². The zero-order valence-electron chi connectivity index (χ0n) is 9.71. The molecule has 0 saturated heterocycles. The predicted octanol–water partition coefficient (Wildman–Crippen LogP) is 3.02. The molecule has 1 heterocycles. The third kappa shape index (κ3) is 2.18. The summed E-state index contributed by atoms with van der Waals surface area (Å²) in [6.07, 6.45) is 0.222. The van der Waals surface area contributed by atoms with E-state index in [0.717, 1.165) is 0 Å². The Morgan fingerprint density at radius 1 is 1.26 bits per heavy atom. The fraction of sp³-hybridized carbons (Fsp3) is 0.167. The van der Waals surface area contributed by atoms with Crippen molar-refractivity contribution in [1.29, 1.82) is 0 Å². The SMILES string of the molecule is CCc1onc(-c2cc(F)c(F)cc2F)c1C(=O)O. The van der Waals surface area contributed by atoms with Crippen LogP contribution in [-0.4, -0.2) is 16.2 Å². The fourth-order valence-electron chi connectivity index (χ4n) is 1.67. The topological polar surface area (TPSA) is 63.3 Å². The number of carbonyl (C=O) groups is 1. The minimum atomic E-state index is -1.38. The van der Waals surface area contributed by atoms with Crippen LogP contribution in [0.15, 0.2) is 16.7 Å². The molecule has 0 aliphatic carbocycles. The lowest BCUT2D eigenvalue weighted by Crippen LogP contribution is -2.02. The number of nitrogens with zero attached hydrogens (tertiary/aromatic N) is 1. The highest BCUT2D eigenvalue weighted by Crippen LogP contribution is 2.29. The smallest absolute Gasteiger partial charge is 0.341 e. The number of rotatable bonds is 3. The molecule has 4 nitrogen and oxygen atoms in total. The Hall–Kier alpha value is -2.31. The van der Waals surface area contributed by atoms with Gasteiger partial charge >= 0.3 is 5.97 Å². The van der Waals surface area contributed by atoms with E-state index in [-0.39, 0.29) is 23.4 Å². The van der Waals surface area contributed by atoms with Crippen molar-refractivity contribution in [1.82, 2.24) is 5.16 Å². The Balaban J connectivity index is 2.69. The van der Waals surface area contributed by atoms with Crippen LogP contribution in [0.5, 0.6) is 0 Å². The highest BCUT2D eigenvalue weighted by Gasteiger charge is 2.25. The van der Waals surface area contributed by atoms with Crippen LogP contribution in [0, 0.1) is 17.5 Å². The van der Waals surface area contributed by atoms with Gasteiger partial charge in [-0.25, -0.2) is 18.0 Å². The van der Waals surface area contributed by atoms with Crippen molar-refractivity contribution in [3.8, 4) is 11.3 Å². The largest absolute Gasteiger partial charge is 0.477 e. The van der Waals surface area contributed by atoms with E-state index in [1.807, 2.05) is 0 Å². The highest BCUT2D eigenvalue weighted by molar-refractivity contribution is 5.95. The Morgan fingerprint density at radius 2 is 1.89 bits per heavy atom. The van der Waals surface area contributed by atoms with Crippen LogP contribution in [-0.2, 0) is 6.42 Å². The monoisotopic (exact) mass is 271 g/mol. The predicted molar refractivity (Wildman–Crippen MR) is 58.2 cm³/mol. The second-order valence-electron chi connectivity index (χ2n) is 3.73. The van der Waals surface area contributed by atoms with Crippen molar-refractivity contribution in [2.75, 3.05) is 0 Å². The van der Waals surface area contributed by atoms with Crippen molar-refractivity contribution >= 4 is 5.97 Å². The van der Waals surface area contributed by atoms with Crippen molar-refractivity contribution < 1.29 is 27.6 Å². The first-order valence-electron chi connectivity index (χ1n) is 5.32. The van der Waals surface area contributed by atoms with E-state index in [9.17, 15) is 18.0 Å². The highest BCUT2D eigenvalue weighted by atomic mass is 19.2. The zero-order chi connectivity index (χ0) is 14.2. The van der Waals surface area contributed by atoms with E-state index in [4.69, 9.17) is 9.63 Å². The zero-order valence-corrected chi connectivity index (χ0v) is 9.71. The number of aromatic nitrogens is 1. The first-order chi connectivity index (χ1) is 8.95. The Labute approximate surface area is 105 Å². The van der Waals surface area contributed by atoms with Gasteiger partial charge in [0.2, 0.25) is 0 Å². The molecule has 1 aromatic heterocycles. The molecule has 0 saturated carbocycles. The van der Waals surface area contributed by atoms with Crippen molar-refractivity contribution in [2.24, 2.45) is 0 Å². The maximum Gasteiger partial charge on any atom is 0.341 e. The Bertz CT molecular complexity index is 652. The molecule has 19 heavy (non-hydrogen) atoms. The summed E-state index contributed by atoms with van der Waals surface area (Å²) in [5.41, 5.74) is -1.17. The van der Waals surface area contributed by atoms with E-state index >= 15 is 0 Å². The van der Waals surface area contributed by atoms with Crippen LogP contribution in [0.2, 0.25) is 0 Å². The van der Waals surface area contributed by atoms with Gasteiger partial charge in [0.1, 0.15) is 17.1 Å². The Morgan fingerprint density at radius 3 is 2.47 bits per heavy atom. The third-order valence-corrected chi connectivity index (χ3v) is 2.56. The summed E-state index contributed by atoms with van der Waals surface area (Å²) in [4.78, 5) is 11.1. The van der Waals surface area contributed by atoms with Gasteiger partial charge in [0.25, 0.3) is 0 Å². The standard InChI is InChI=1S/C12H8F3NO3/c1-2-9-10(12(17)18)11(16-19-9)5-3-7(14)8(15)4-6(5)13/h3-4H,2H2,1H3,(H,17,18). The quantitative estimate of drug-likeness (QED) is 0.871. The van der Waals surface area contributed by atoms with E-state index in [0.29, 0.717) is 12.1 Å². The summed E-state index contributed by atoms with van der Waals surface area (Å²) in [5, 5.41) is 12.5. The average Bonchev–Trinajstić information content (AvgIpc) is 2.77. The van der Waals surface area contributed by atoms with Gasteiger partial charge in [-0.05, 0) is 6.07 Å². The molecule has 0 spiro atoms. The number of aryl methyl sites for hydroxylation is 1. The second kappa shape index (κ2) is 4.75. The van der Waals surface area contributed by atoms with Crippen molar-refractivity contribution in [3.63, 3.8) is 0 Å². The summed E-state index contributed by atoms with van der Waals surface area (Å²) in [7, 11) is 0. The number of hydrogen-bond donors (Lipinski definition) is 1. The molecule has 100 valence electrons. The lowest BCUT2D eigenvalue weighted by molar-refractivity contribution is 0.0695. The minimum absolute atomic E-state index is 0.0339. The third-order valence-electron chi connectivity index (χ3n) is 2.56. The van der Waals surface area contributed by atoms with Gasteiger partial charge in [-0.3, -0.25) is 0 Å². The second-order valence-corrected chi connectivity index (χ2v) is 3.73. The van der Waals surface area contributed by atoms with Gasteiger partial charge in [0.05, 0.1) is 0 Å². The summed E-state index contributed by atoms with van der Waals surface area (Å²) >= 11 is 0. The average molecular weight is 271 g/mol. The van der Waals surface area contributed by atoms with Crippen molar-refractivity contribution in [2.45, 2.75) is 13.3 Å².